The van der Waals surface area contributed by atoms with Gasteiger partial charge in [-0.25, -0.2) is 0 Å². The van der Waals surface area contributed by atoms with Crippen molar-refractivity contribution >= 4 is 5.91 Å². The van der Waals surface area contributed by atoms with Crippen LogP contribution in [0.1, 0.15) is 24.7 Å². The second-order valence-corrected chi connectivity index (χ2v) is 4.81. The largest absolute Gasteiger partial charge is 0.397 e. The molecule has 1 atom stereocenters. The van der Waals surface area contributed by atoms with Gasteiger partial charge in [0.15, 0.2) is 0 Å². The molecule has 1 unspecified atom stereocenters. The summed E-state index contributed by atoms with van der Waals surface area (Å²) in [6, 6.07) is 1.93. The maximum atomic E-state index is 12.0. The molecule has 4 nitrogen and oxygen atoms in total. The van der Waals surface area contributed by atoms with Crippen molar-refractivity contribution in [2.24, 2.45) is 5.92 Å². The fourth-order valence-corrected chi connectivity index (χ4v) is 1.75. The Hall–Kier alpha value is -1.53. The van der Waals surface area contributed by atoms with E-state index in [1.54, 1.807) is 4.68 Å². The number of aryl methyl sites for hydroxylation is 2. The molecule has 0 saturated heterocycles. The Morgan fingerprint density at radius 2 is 2.11 bits per heavy atom. The molecule has 1 aromatic heterocycles. The van der Waals surface area contributed by atoms with E-state index in [-0.39, 0.29) is 12.5 Å². The van der Waals surface area contributed by atoms with Gasteiger partial charge in [0.05, 0.1) is 5.69 Å². The van der Waals surface area contributed by atoms with Crippen LogP contribution in [0.2, 0.25) is 0 Å². The third-order valence-electron chi connectivity index (χ3n) is 2.60. The zero-order valence-electron chi connectivity index (χ0n) is 11.2. The lowest BCUT2D eigenvalue weighted by Gasteiger charge is -2.14. The maximum Gasteiger partial charge on any atom is 0.397 e. The number of nitrogens with one attached hydrogen (secondary N) is 1. The number of hydrogen-bond acceptors (Lipinski definition) is 2. The van der Waals surface area contributed by atoms with Crippen LogP contribution >= 0.6 is 0 Å². The molecular formula is C12H18F3N3O. The zero-order chi connectivity index (χ0) is 14.6. The number of amides is 1. The lowest BCUT2D eigenvalue weighted by atomic mass is 10.2. The Kier molecular flexibility index (Phi) is 4.97. The summed E-state index contributed by atoms with van der Waals surface area (Å²) in [5.41, 5.74) is 1.89. The van der Waals surface area contributed by atoms with Gasteiger partial charge in [-0.1, -0.05) is 6.92 Å². The van der Waals surface area contributed by atoms with Crippen LogP contribution in [-0.2, 0) is 11.3 Å². The Balaban J connectivity index is 2.38. The molecule has 0 aromatic carbocycles. The summed E-state index contributed by atoms with van der Waals surface area (Å²) in [4.78, 5) is 11.0. The first-order valence-corrected chi connectivity index (χ1v) is 6.02. The number of carbonyl (C=O) groups is 1. The minimum absolute atomic E-state index is 0.00943. The fraction of sp³-hybridized carbons (Fsp3) is 0.667. The summed E-state index contributed by atoms with van der Waals surface area (Å²) >= 11 is 0. The van der Waals surface area contributed by atoms with Crippen molar-refractivity contribution in [3.8, 4) is 0 Å². The molecule has 0 aliphatic rings. The minimum atomic E-state index is -4.46. The van der Waals surface area contributed by atoms with E-state index >= 15 is 0 Å². The van der Waals surface area contributed by atoms with E-state index in [0.29, 0.717) is 6.54 Å². The zero-order valence-corrected chi connectivity index (χ0v) is 11.2. The van der Waals surface area contributed by atoms with E-state index in [1.165, 1.54) is 0 Å². The third-order valence-corrected chi connectivity index (χ3v) is 2.60. The van der Waals surface area contributed by atoms with Crippen LogP contribution in [0.3, 0.4) is 0 Å². The molecule has 0 aliphatic carbocycles. The summed E-state index contributed by atoms with van der Waals surface area (Å²) in [6.45, 7) is 6.40. The van der Waals surface area contributed by atoms with Crippen molar-refractivity contribution in [2.45, 2.75) is 39.9 Å². The highest BCUT2D eigenvalue weighted by atomic mass is 19.4. The Morgan fingerprint density at radius 3 is 2.58 bits per heavy atom. The molecule has 0 aliphatic heterocycles. The summed E-state index contributed by atoms with van der Waals surface area (Å²) in [5, 5.41) is 6.55. The topological polar surface area (TPSA) is 46.9 Å². The molecule has 1 N–H and O–H groups in total. The highest BCUT2D eigenvalue weighted by Crippen LogP contribution is 2.18. The van der Waals surface area contributed by atoms with Crippen LogP contribution in [0.25, 0.3) is 0 Å². The molecule has 0 fully saturated rings. The van der Waals surface area contributed by atoms with Gasteiger partial charge in [-0.2, -0.15) is 18.3 Å². The van der Waals surface area contributed by atoms with Gasteiger partial charge < -0.3 is 5.32 Å². The van der Waals surface area contributed by atoms with Gasteiger partial charge in [-0.3, -0.25) is 9.48 Å². The van der Waals surface area contributed by atoms with Crippen LogP contribution in [0.4, 0.5) is 13.2 Å². The van der Waals surface area contributed by atoms with Gasteiger partial charge in [0.1, 0.15) is 6.42 Å². The Morgan fingerprint density at radius 1 is 1.47 bits per heavy atom. The number of nitrogens with zero attached hydrogens (tertiary/aromatic N) is 2. The lowest BCUT2D eigenvalue weighted by Crippen LogP contribution is -2.33. The first-order valence-electron chi connectivity index (χ1n) is 6.02. The molecule has 108 valence electrons. The first kappa shape index (κ1) is 15.5. The molecule has 0 bridgehead atoms. The van der Waals surface area contributed by atoms with Crippen LogP contribution in [-0.4, -0.2) is 28.4 Å². The molecule has 0 saturated carbocycles. The predicted octanol–water partition coefficient (Wildman–Crippen LogP) is 2.20. The van der Waals surface area contributed by atoms with Crippen molar-refractivity contribution < 1.29 is 18.0 Å². The van der Waals surface area contributed by atoms with Gasteiger partial charge in [-0.15, -0.1) is 0 Å². The lowest BCUT2D eigenvalue weighted by molar-refractivity contribution is -0.153. The number of alkyl halides is 3. The number of rotatable bonds is 5. The molecule has 1 rings (SSSR count). The number of halogens is 3. The highest BCUT2D eigenvalue weighted by molar-refractivity contribution is 5.76. The Bertz CT molecular complexity index is 440. The fourth-order valence-electron chi connectivity index (χ4n) is 1.75. The second kappa shape index (κ2) is 6.08. The normalized spacial score (nSPS) is 13.4. The molecule has 19 heavy (non-hydrogen) atoms. The van der Waals surface area contributed by atoms with E-state index in [9.17, 15) is 18.0 Å². The highest BCUT2D eigenvalue weighted by Gasteiger charge is 2.31. The number of carbonyl (C=O) groups excluding carboxylic acids is 1. The van der Waals surface area contributed by atoms with Crippen molar-refractivity contribution in [3.05, 3.63) is 17.5 Å². The number of hydrogen-bond donors (Lipinski definition) is 1. The van der Waals surface area contributed by atoms with E-state index in [4.69, 9.17) is 0 Å². The van der Waals surface area contributed by atoms with E-state index < -0.39 is 18.5 Å². The standard InChI is InChI=1S/C12H18F3N3O/c1-8(6-16-11(19)5-12(13,14)15)7-18-10(3)4-9(2)17-18/h4,8H,5-7H2,1-3H3,(H,16,19). The van der Waals surface area contributed by atoms with Gasteiger partial charge >= 0.3 is 6.18 Å². The van der Waals surface area contributed by atoms with Gasteiger partial charge in [0.25, 0.3) is 0 Å². The van der Waals surface area contributed by atoms with Crippen LogP contribution < -0.4 is 5.32 Å². The molecular weight excluding hydrogens is 259 g/mol. The monoisotopic (exact) mass is 277 g/mol. The maximum absolute atomic E-state index is 12.0. The minimum Gasteiger partial charge on any atom is -0.355 e. The quantitative estimate of drug-likeness (QED) is 0.897. The van der Waals surface area contributed by atoms with Crippen LogP contribution in [0, 0.1) is 19.8 Å². The predicted molar refractivity (Wildman–Crippen MR) is 64.5 cm³/mol. The summed E-state index contributed by atoms with van der Waals surface area (Å²) < 4.78 is 37.7. The van der Waals surface area contributed by atoms with Crippen molar-refractivity contribution in [3.63, 3.8) is 0 Å². The first-order chi connectivity index (χ1) is 8.67. The third kappa shape index (κ3) is 5.76. The molecule has 1 aromatic rings. The number of aromatic nitrogens is 2. The van der Waals surface area contributed by atoms with Gasteiger partial charge in [0.2, 0.25) is 5.91 Å². The van der Waals surface area contributed by atoms with E-state index in [2.05, 4.69) is 10.4 Å². The molecule has 7 heteroatoms. The van der Waals surface area contributed by atoms with Crippen LogP contribution in [0.5, 0.6) is 0 Å². The molecule has 1 amide bonds. The van der Waals surface area contributed by atoms with Crippen molar-refractivity contribution in [1.29, 1.82) is 0 Å². The average molecular weight is 277 g/mol. The molecule has 1 heterocycles. The van der Waals surface area contributed by atoms with Crippen molar-refractivity contribution in [1.82, 2.24) is 15.1 Å². The second-order valence-electron chi connectivity index (χ2n) is 4.81. The average Bonchev–Trinajstić information content (AvgIpc) is 2.52. The van der Waals surface area contributed by atoms with Gasteiger partial charge in [0, 0.05) is 18.8 Å². The van der Waals surface area contributed by atoms with Crippen LogP contribution in [0.15, 0.2) is 6.07 Å². The summed E-state index contributed by atoms with van der Waals surface area (Å²) in [6.07, 6.45) is -5.89. The molecule has 0 spiro atoms. The van der Waals surface area contributed by atoms with E-state index in [0.717, 1.165) is 11.4 Å². The van der Waals surface area contributed by atoms with Crippen molar-refractivity contribution in [2.75, 3.05) is 6.54 Å². The summed E-state index contributed by atoms with van der Waals surface area (Å²) in [5.74, 6) is -0.983. The summed E-state index contributed by atoms with van der Waals surface area (Å²) in [7, 11) is 0. The van der Waals surface area contributed by atoms with E-state index in [1.807, 2.05) is 26.8 Å². The van der Waals surface area contributed by atoms with Gasteiger partial charge in [-0.05, 0) is 25.8 Å². The smallest absolute Gasteiger partial charge is 0.355 e. The Labute approximate surface area is 110 Å². The molecule has 0 radical (unpaired) electrons. The SMILES string of the molecule is Cc1cc(C)n(CC(C)CNC(=O)CC(F)(F)F)n1.